The first-order chi connectivity index (χ1) is 20.9. The normalized spacial score (nSPS) is 21.1. The number of H-pyrrole nitrogens is 1. The number of amides is 1. The lowest BCUT2D eigenvalue weighted by molar-refractivity contribution is -0.0468. The molecule has 10 nitrogen and oxygen atoms in total. The predicted octanol–water partition coefficient (Wildman–Crippen LogP) is 6.58. The van der Waals surface area contributed by atoms with Crippen molar-refractivity contribution in [2.24, 2.45) is 23.7 Å². The van der Waals surface area contributed by atoms with Gasteiger partial charge in [0.1, 0.15) is 23.3 Å². The molecule has 2 aromatic heterocycles. The van der Waals surface area contributed by atoms with E-state index >= 15 is 0 Å². The number of carbonyl (C=O) groups is 2. The van der Waals surface area contributed by atoms with Gasteiger partial charge in [0.15, 0.2) is 11.5 Å². The van der Waals surface area contributed by atoms with Gasteiger partial charge in [-0.15, -0.1) is 0 Å². The molecule has 44 heavy (non-hydrogen) atoms. The first kappa shape index (κ1) is 31.6. The maximum atomic E-state index is 14.1. The molecule has 2 aliphatic rings. The van der Waals surface area contributed by atoms with Crippen molar-refractivity contribution in [1.82, 2.24) is 19.5 Å². The number of ether oxygens (including phenoxy) is 3. The highest BCUT2D eigenvalue weighted by atomic mass is 16.6. The number of aromatic nitrogens is 3. The molecule has 1 N–H and O–H groups in total. The molecular formula is C34H45N5O5. The Hall–Kier alpha value is -3.84. The molecule has 2 unspecified atom stereocenters. The molecule has 1 amide bonds. The Kier molecular flexibility index (Phi) is 9.07. The van der Waals surface area contributed by atoms with Crippen LogP contribution in [0.5, 0.6) is 5.88 Å². The first-order valence-electron chi connectivity index (χ1n) is 15.8. The van der Waals surface area contributed by atoms with E-state index in [-0.39, 0.29) is 46.0 Å². The molecule has 236 valence electrons. The molecular weight excluding hydrogens is 558 g/mol. The molecule has 1 aliphatic carbocycles. The van der Waals surface area contributed by atoms with Crippen molar-refractivity contribution in [3.63, 3.8) is 0 Å². The summed E-state index contributed by atoms with van der Waals surface area (Å²) in [5.41, 5.74) is 2.04. The molecule has 2 atom stereocenters. The van der Waals surface area contributed by atoms with E-state index in [1.807, 2.05) is 24.3 Å². The molecule has 1 saturated carbocycles. The van der Waals surface area contributed by atoms with Crippen LogP contribution in [0.25, 0.3) is 17.0 Å². The standard InChI is InChI=1S/C34H45N5O5/c1-20(2)24-9-8-10-25(21(3)4)28(24)43-32(40)27-26(19-35)31(44-33(41)38-15-17-42-18-16-38)39-30(27)36-29(37-39)22-11-13-23(14-12-22)34(5,6)7/h11-14,20-21,24-25,28H,8-10,15-18H2,1-7H3,(H,36,37). The summed E-state index contributed by atoms with van der Waals surface area (Å²) in [6.45, 7) is 16.6. The zero-order valence-corrected chi connectivity index (χ0v) is 27.0. The quantitative estimate of drug-likeness (QED) is 0.316. The number of nitrogens with one attached hydrogen (secondary N) is 1. The fourth-order valence-corrected chi connectivity index (χ4v) is 6.55. The van der Waals surface area contributed by atoms with Crippen molar-refractivity contribution in [1.29, 1.82) is 5.26 Å². The lowest BCUT2D eigenvalue weighted by Crippen LogP contribution is -2.42. The average molecular weight is 604 g/mol. The van der Waals surface area contributed by atoms with Crippen LogP contribution in [0.3, 0.4) is 0 Å². The molecule has 5 rings (SSSR count). The van der Waals surface area contributed by atoms with Crippen LogP contribution in [0, 0.1) is 35.0 Å². The van der Waals surface area contributed by atoms with E-state index < -0.39 is 12.1 Å². The second-order valence-electron chi connectivity index (χ2n) is 13.8. The van der Waals surface area contributed by atoms with Gasteiger partial charge in [-0.25, -0.2) is 19.1 Å². The van der Waals surface area contributed by atoms with Gasteiger partial charge in [0, 0.05) is 18.7 Å². The number of aromatic amines is 1. The third-order valence-electron chi connectivity index (χ3n) is 9.21. The van der Waals surface area contributed by atoms with Gasteiger partial charge in [0.2, 0.25) is 5.88 Å². The largest absolute Gasteiger partial charge is 0.458 e. The molecule has 3 aromatic rings. The minimum Gasteiger partial charge on any atom is -0.458 e. The maximum absolute atomic E-state index is 14.1. The summed E-state index contributed by atoms with van der Waals surface area (Å²) in [4.78, 5) is 33.6. The number of nitrogens with zero attached hydrogens (tertiary/aromatic N) is 4. The van der Waals surface area contributed by atoms with Crippen molar-refractivity contribution in [2.45, 2.75) is 79.2 Å². The first-order valence-corrected chi connectivity index (χ1v) is 15.8. The van der Waals surface area contributed by atoms with E-state index in [1.165, 1.54) is 15.0 Å². The summed E-state index contributed by atoms with van der Waals surface area (Å²) >= 11 is 0. The summed E-state index contributed by atoms with van der Waals surface area (Å²) in [6.07, 6.45) is 2.14. The molecule has 1 saturated heterocycles. The zero-order valence-electron chi connectivity index (χ0n) is 27.0. The molecule has 0 spiro atoms. The Bertz CT molecular complexity index is 1520. The fraction of sp³-hybridized carbons (Fsp3) is 0.588. The van der Waals surface area contributed by atoms with Crippen LogP contribution in [0.4, 0.5) is 4.79 Å². The SMILES string of the molecule is CC(C)C1CCCC(C(C)C)C1OC(=O)c1c(C#N)c(OC(=O)N2CCOCC2)n2[nH]c(-c3ccc(C(C)(C)C)cc3)nc12. The van der Waals surface area contributed by atoms with E-state index in [0.717, 1.165) is 24.8 Å². The van der Waals surface area contributed by atoms with Gasteiger partial charge < -0.3 is 19.1 Å². The molecule has 10 heteroatoms. The van der Waals surface area contributed by atoms with Crippen molar-refractivity contribution in [2.75, 3.05) is 26.3 Å². The monoisotopic (exact) mass is 603 g/mol. The molecule has 1 aromatic carbocycles. The summed E-state index contributed by atoms with van der Waals surface area (Å²) in [5, 5.41) is 13.5. The Balaban J connectivity index is 1.58. The van der Waals surface area contributed by atoms with Crippen LogP contribution in [0.1, 0.15) is 89.2 Å². The van der Waals surface area contributed by atoms with Crippen LogP contribution < -0.4 is 4.74 Å². The molecule has 0 bridgehead atoms. The average Bonchev–Trinajstić information content (AvgIpc) is 3.54. The Morgan fingerprint density at radius 2 is 1.66 bits per heavy atom. The Morgan fingerprint density at radius 1 is 1.05 bits per heavy atom. The van der Waals surface area contributed by atoms with Gasteiger partial charge >= 0.3 is 12.1 Å². The number of esters is 1. The minimum atomic E-state index is -0.628. The van der Waals surface area contributed by atoms with Crippen LogP contribution in [-0.4, -0.2) is 64.0 Å². The third kappa shape index (κ3) is 6.20. The van der Waals surface area contributed by atoms with Crippen molar-refractivity contribution >= 4 is 17.7 Å². The minimum absolute atomic E-state index is 0.00155. The van der Waals surface area contributed by atoms with Gasteiger partial charge in [-0.2, -0.15) is 5.26 Å². The fourth-order valence-electron chi connectivity index (χ4n) is 6.55. The van der Waals surface area contributed by atoms with E-state index in [1.54, 1.807) is 0 Å². The van der Waals surface area contributed by atoms with Crippen LogP contribution in [0.15, 0.2) is 24.3 Å². The summed E-state index contributed by atoms with van der Waals surface area (Å²) in [6, 6.07) is 10.1. The van der Waals surface area contributed by atoms with Gasteiger partial charge in [0.05, 0.1) is 13.2 Å². The molecule has 1 aliphatic heterocycles. The number of hydrogen-bond acceptors (Lipinski definition) is 7. The Labute approximate surface area is 259 Å². The number of hydrogen-bond donors (Lipinski definition) is 1. The van der Waals surface area contributed by atoms with Crippen molar-refractivity contribution < 1.29 is 23.8 Å². The van der Waals surface area contributed by atoms with E-state index in [9.17, 15) is 14.9 Å². The lowest BCUT2D eigenvalue weighted by Gasteiger charge is -2.41. The number of fused-ring (bicyclic) bond motifs is 1. The van der Waals surface area contributed by atoms with Crippen LogP contribution in [-0.2, 0) is 14.9 Å². The number of morpholine rings is 1. The van der Waals surface area contributed by atoms with E-state index in [4.69, 9.17) is 19.2 Å². The number of carbonyl (C=O) groups excluding carboxylic acids is 2. The number of nitriles is 1. The molecule has 0 radical (unpaired) electrons. The topological polar surface area (TPSA) is 122 Å². The summed E-state index contributed by atoms with van der Waals surface area (Å²) in [7, 11) is 0. The lowest BCUT2D eigenvalue weighted by atomic mass is 9.70. The zero-order chi connectivity index (χ0) is 31.8. The van der Waals surface area contributed by atoms with Gasteiger partial charge in [0.25, 0.3) is 0 Å². The highest BCUT2D eigenvalue weighted by Crippen LogP contribution is 2.41. The van der Waals surface area contributed by atoms with Gasteiger partial charge in [-0.05, 0) is 47.5 Å². The predicted molar refractivity (Wildman–Crippen MR) is 167 cm³/mol. The highest BCUT2D eigenvalue weighted by molar-refractivity contribution is 6.01. The van der Waals surface area contributed by atoms with Crippen LogP contribution in [0.2, 0.25) is 0 Å². The van der Waals surface area contributed by atoms with Crippen LogP contribution >= 0.6 is 0 Å². The second kappa shape index (κ2) is 12.6. The number of rotatable bonds is 6. The van der Waals surface area contributed by atoms with Gasteiger partial charge in [-0.1, -0.05) is 79.2 Å². The smallest absolute Gasteiger partial charge is 0.416 e. The van der Waals surface area contributed by atoms with E-state index in [2.05, 4.69) is 59.6 Å². The van der Waals surface area contributed by atoms with E-state index in [0.29, 0.717) is 44.0 Å². The third-order valence-corrected chi connectivity index (χ3v) is 9.21. The summed E-state index contributed by atoms with van der Waals surface area (Å²) in [5.74, 6) is 0.837. The van der Waals surface area contributed by atoms with Crippen molar-refractivity contribution in [3.05, 3.63) is 41.0 Å². The second-order valence-corrected chi connectivity index (χ2v) is 13.8. The highest BCUT2D eigenvalue weighted by Gasteiger charge is 2.41. The molecule has 2 fully saturated rings. The molecule has 3 heterocycles. The van der Waals surface area contributed by atoms with Crippen molar-refractivity contribution in [3.8, 4) is 23.3 Å². The van der Waals surface area contributed by atoms with Gasteiger partial charge in [-0.3, -0.25) is 5.10 Å². The number of benzene rings is 1. The maximum Gasteiger partial charge on any atom is 0.416 e. The summed E-state index contributed by atoms with van der Waals surface area (Å²) < 4.78 is 19.0. The Morgan fingerprint density at radius 3 is 2.20 bits per heavy atom.